The van der Waals surface area contributed by atoms with Gasteiger partial charge in [-0.25, -0.2) is 4.39 Å². The molecular formula is C21H21FN2OS. The predicted octanol–water partition coefficient (Wildman–Crippen LogP) is 5.54. The zero-order valence-corrected chi connectivity index (χ0v) is 15.9. The van der Waals surface area contributed by atoms with Crippen molar-refractivity contribution in [1.82, 2.24) is 4.57 Å². The number of anilines is 1. The fourth-order valence-electron chi connectivity index (χ4n) is 3.13. The van der Waals surface area contributed by atoms with Gasteiger partial charge in [0.2, 0.25) is 0 Å². The molecule has 0 saturated heterocycles. The lowest BCUT2D eigenvalue weighted by Crippen LogP contribution is -1.99. The average molecular weight is 368 g/mol. The van der Waals surface area contributed by atoms with Gasteiger partial charge in [-0.15, -0.1) is 6.42 Å². The number of methoxy groups -OCH3 is 1. The highest BCUT2D eigenvalue weighted by molar-refractivity contribution is 8.00. The van der Waals surface area contributed by atoms with E-state index in [-0.39, 0.29) is 5.82 Å². The van der Waals surface area contributed by atoms with Gasteiger partial charge in [0.05, 0.1) is 29.6 Å². The van der Waals surface area contributed by atoms with Crippen molar-refractivity contribution < 1.29 is 9.13 Å². The van der Waals surface area contributed by atoms with Gasteiger partial charge in [-0.05, 0) is 31.2 Å². The Hall–Kier alpha value is -2.58. The van der Waals surface area contributed by atoms with E-state index in [4.69, 9.17) is 11.2 Å². The van der Waals surface area contributed by atoms with Crippen molar-refractivity contribution in [3.8, 4) is 29.4 Å². The lowest BCUT2D eigenvalue weighted by molar-refractivity contribution is 0.415. The molecule has 0 unspecified atom stereocenters. The topological polar surface area (TPSA) is 26.2 Å². The Bertz CT molecular complexity index is 988. The highest BCUT2D eigenvalue weighted by atomic mass is 32.2. The molecule has 26 heavy (non-hydrogen) atoms. The third kappa shape index (κ3) is 3.13. The number of aromatic nitrogens is 1. The number of rotatable bonds is 6. The van der Waals surface area contributed by atoms with Gasteiger partial charge in [0.1, 0.15) is 11.6 Å². The summed E-state index contributed by atoms with van der Waals surface area (Å²) in [6.45, 7) is 4.78. The van der Waals surface area contributed by atoms with E-state index in [2.05, 4.69) is 15.2 Å². The van der Waals surface area contributed by atoms with Crippen LogP contribution in [0.25, 0.3) is 22.2 Å². The molecule has 0 fully saturated rings. The Labute approximate surface area is 157 Å². The third-order valence-electron chi connectivity index (χ3n) is 4.30. The van der Waals surface area contributed by atoms with E-state index in [1.54, 1.807) is 13.2 Å². The maximum absolute atomic E-state index is 14.5. The average Bonchev–Trinajstić information content (AvgIpc) is 2.99. The Morgan fingerprint density at radius 3 is 2.65 bits per heavy atom. The molecule has 1 N–H and O–H groups in total. The Balaban J connectivity index is 2.21. The number of hydrogen-bond acceptors (Lipinski definition) is 3. The van der Waals surface area contributed by atoms with Crippen molar-refractivity contribution in [2.75, 3.05) is 17.6 Å². The van der Waals surface area contributed by atoms with E-state index in [1.165, 1.54) is 18.0 Å². The number of nitrogens with zero attached hydrogens (tertiary/aromatic N) is 1. The van der Waals surface area contributed by atoms with E-state index in [1.807, 2.05) is 38.1 Å². The summed E-state index contributed by atoms with van der Waals surface area (Å²) in [6.07, 6.45) is 5.82. The lowest BCUT2D eigenvalue weighted by Gasteiger charge is -2.11. The number of nitrogens with one attached hydrogen (secondary N) is 1. The number of benzene rings is 2. The first-order valence-electron chi connectivity index (χ1n) is 8.49. The second-order valence-corrected chi connectivity index (χ2v) is 6.80. The molecule has 0 saturated carbocycles. The normalized spacial score (nSPS) is 10.7. The first kappa shape index (κ1) is 18.2. The molecule has 134 valence electrons. The van der Waals surface area contributed by atoms with E-state index < -0.39 is 0 Å². The van der Waals surface area contributed by atoms with E-state index >= 15 is 0 Å². The smallest absolute Gasteiger partial charge is 0.147 e. The lowest BCUT2D eigenvalue weighted by atomic mass is 10.0. The molecule has 0 aliphatic heterocycles. The summed E-state index contributed by atoms with van der Waals surface area (Å²) in [5.41, 5.74) is 3.85. The standard InChI is InChI=1S/C21H21FN2OS/c1-5-16-17-10-9-15(25-4)13-20(17)24(6-2)21(16)14-8-11-19(18(22)12-14)23-26-7-3/h1,8-13,23H,6-7H2,2-4H3. The summed E-state index contributed by atoms with van der Waals surface area (Å²) in [5, 5.41) is 0.967. The molecule has 2 aromatic carbocycles. The summed E-state index contributed by atoms with van der Waals surface area (Å²) in [6, 6.07) is 11.0. The fraction of sp³-hybridized carbons (Fsp3) is 0.238. The molecule has 1 heterocycles. The van der Waals surface area contributed by atoms with Crippen LogP contribution in [0.15, 0.2) is 36.4 Å². The van der Waals surface area contributed by atoms with Crippen molar-refractivity contribution in [3.05, 3.63) is 47.8 Å². The van der Waals surface area contributed by atoms with Crippen LogP contribution in [0, 0.1) is 18.2 Å². The maximum Gasteiger partial charge on any atom is 0.147 e. The molecule has 5 heteroatoms. The second-order valence-electron chi connectivity index (χ2n) is 5.72. The number of aryl methyl sites for hydroxylation is 1. The largest absolute Gasteiger partial charge is 0.497 e. The zero-order valence-electron chi connectivity index (χ0n) is 15.1. The van der Waals surface area contributed by atoms with Crippen molar-refractivity contribution in [3.63, 3.8) is 0 Å². The highest BCUT2D eigenvalue weighted by Crippen LogP contribution is 2.36. The van der Waals surface area contributed by atoms with Crippen LogP contribution in [0.4, 0.5) is 10.1 Å². The monoisotopic (exact) mass is 368 g/mol. The first-order chi connectivity index (χ1) is 12.6. The summed E-state index contributed by atoms with van der Waals surface area (Å²) in [4.78, 5) is 0. The van der Waals surface area contributed by atoms with Crippen LogP contribution >= 0.6 is 11.9 Å². The maximum atomic E-state index is 14.5. The first-order valence-corrected chi connectivity index (χ1v) is 9.47. The van der Waals surface area contributed by atoms with Crippen LogP contribution in [0.1, 0.15) is 19.4 Å². The van der Waals surface area contributed by atoms with Gasteiger partial charge in [-0.2, -0.15) is 0 Å². The van der Waals surface area contributed by atoms with Gasteiger partial charge in [0.25, 0.3) is 0 Å². The van der Waals surface area contributed by atoms with Crippen molar-refractivity contribution >= 4 is 28.5 Å². The SMILES string of the molecule is C#Cc1c(-c2ccc(NSCC)c(F)c2)n(CC)c2cc(OC)ccc12. The van der Waals surface area contributed by atoms with Crippen LogP contribution in [-0.4, -0.2) is 17.4 Å². The van der Waals surface area contributed by atoms with Crippen molar-refractivity contribution in [1.29, 1.82) is 0 Å². The third-order valence-corrected chi connectivity index (χ3v) is 4.95. The van der Waals surface area contributed by atoms with Gasteiger partial charge in [0.15, 0.2) is 0 Å². The van der Waals surface area contributed by atoms with Crippen molar-refractivity contribution in [2.45, 2.75) is 20.4 Å². The highest BCUT2D eigenvalue weighted by Gasteiger charge is 2.18. The quantitative estimate of drug-likeness (QED) is 0.457. The summed E-state index contributed by atoms with van der Waals surface area (Å²) in [7, 11) is 1.64. The molecule has 0 bridgehead atoms. The van der Waals surface area contributed by atoms with Crippen LogP contribution in [0.3, 0.4) is 0 Å². The van der Waals surface area contributed by atoms with E-state index in [0.717, 1.165) is 39.2 Å². The molecule has 3 nitrogen and oxygen atoms in total. The minimum absolute atomic E-state index is 0.295. The Morgan fingerprint density at radius 1 is 1.23 bits per heavy atom. The van der Waals surface area contributed by atoms with Crippen LogP contribution in [-0.2, 0) is 6.54 Å². The molecule has 0 atom stereocenters. The van der Waals surface area contributed by atoms with Gasteiger partial charge in [0, 0.05) is 29.3 Å². The van der Waals surface area contributed by atoms with Crippen LogP contribution in [0.2, 0.25) is 0 Å². The second kappa shape index (κ2) is 7.76. The molecule has 1 aromatic heterocycles. The summed E-state index contributed by atoms with van der Waals surface area (Å²) in [5.74, 6) is 4.12. The Morgan fingerprint density at radius 2 is 2.04 bits per heavy atom. The summed E-state index contributed by atoms with van der Waals surface area (Å²) >= 11 is 1.46. The fourth-order valence-corrected chi connectivity index (χ4v) is 3.59. The molecule has 0 amide bonds. The molecular weight excluding hydrogens is 347 g/mol. The number of hydrogen-bond donors (Lipinski definition) is 1. The van der Waals surface area contributed by atoms with Gasteiger partial charge in [-0.3, -0.25) is 0 Å². The molecule has 3 aromatic rings. The van der Waals surface area contributed by atoms with E-state index in [0.29, 0.717) is 12.2 Å². The summed E-state index contributed by atoms with van der Waals surface area (Å²) < 4.78 is 25.0. The minimum atomic E-state index is -0.295. The van der Waals surface area contributed by atoms with Crippen molar-refractivity contribution in [2.24, 2.45) is 0 Å². The van der Waals surface area contributed by atoms with E-state index in [9.17, 15) is 4.39 Å². The molecule has 3 rings (SSSR count). The van der Waals surface area contributed by atoms with Gasteiger partial charge in [-0.1, -0.05) is 30.9 Å². The zero-order chi connectivity index (χ0) is 18.7. The minimum Gasteiger partial charge on any atom is -0.497 e. The number of halogens is 1. The predicted molar refractivity (Wildman–Crippen MR) is 109 cm³/mol. The molecule has 0 aliphatic rings. The number of ether oxygens (including phenoxy) is 1. The van der Waals surface area contributed by atoms with Gasteiger partial charge >= 0.3 is 0 Å². The van der Waals surface area contributed by atoms with Crippen LogP contribution in [0.5, 0.6) is 5.75 Å². The molecule has 0 aliphatic carbocycles. The number of fused-ring (bicyclic) bond motifs is 1. The molecule has 0 radical (unpaired) electrons. The molecule has 0 spiro atoms. The number of terminal acetylenes is 1. The van der Waals surface area contributed by atoms with Crippen LogP contribution < -0.4 is 9.46 Å². The van der Waals surface area contributed by atoms with Gasteiger partial charge < -0.3 is 14.0 Å². The Kier molecular flexibility index (Phi) is 5.43.